The van der Waals surface area contributed by atoms with Crippen LogP contribution in [0.2, 0.25) is 0 Å². The molecule has 0 fully saturated rings. The van der Waals surface area contributed by atoms with Crippen molar-refractivity contribution >= 4 is 11.6 Å². The third-order valence-corrected chi connectivity index (χ3v) is 1.77. The Hall–Kier alpha value is -1.27. The summed E-state index contributed by atoms with van der Waals surface area (Å²) in [5.74, 6) is 6.95. The number of ether oxygens (including phenoxy) is 1. The summed E-state index contributed by atoms with van der Waals surface area (Å²) in [5.41, 5.74) is 0.574. The van der Waals surface area contributed by atoms with E-state index in [1.165, 1.54) is 0 Å². The highest BCUT2D eigenvalue weighted by Gasteiger charge is 1.99. The van der Waals surface area contributed by atoms with Crippen molar-refractivity contribution in [2.24, 2.45) is 0 Å². The summed E-state index contributed by atoms with van der Waals surface area (Å²) in [5, 5.41) is 0. The quantitative estimate of drug-likeness (QED) is 0.434. The number of hydrogen-bond donors (Lipinski definition) is 0. The van der Waals surface area contributed by atoms with E-state index in [4.69, 9.17) is 16.3 Å². The van der Waals surface area contributed by atoms with Crippen molar-refractivity contribution in [3.05, 3.63) is 18.1 Å². The second-order valence-corrected chi connectivity index (χ2v) is 2.89. The summed E-state index contributed by atoms with van der Waals surface area (Å²) < 4.78 is 5.00. The first-order valence-electron chi connectivity index (χ1n) is 4.28. The summed E-state index contributed by atoms with van der Waals surface area (Å²) in [6.07, 6.45) is 4.82. The van der Waals surface area contributed by atoms with Crippen LogP contribution in [0.3, 0.4) is 0 Å². The van der Waals surface area contributed by atoms with Crippen LogP contribution in [0.5, 0.6) is 5.88 Å². The van der Waals surface area contributed by atoms with Gasteiger partial charge in [0.15, 0.2) is 5.69 Å². The molecule has 3 nitrogen and oxygen atoms in total. The standard InChI is InChI=1S/C10H11ClN2O/c1-14-10-9(12-7-8-13-10)5-3-2-4-6-11/h7-8H,2,4,6H2,1H3. The molecule has 0 saturated heterocycles. The Morgan fingerprint density at radius 3 is 2.93 bits per heavy atom. The fraction of sp³-hybridized carbons (Fsp3) is 0.400. The molecule has 1 rings (SSSR count). The van der Waals surface area contributed by atoms with Gasteiger partial charge in [0, 0.05) is 24.7 Å². The molecule has 1 aromatic heterocycles. The smallest absolute Gasteiger partial charge is 0.248 e. The number of alkyl halides is 1. The van der Waals surface area contributed by atoms with Crippen LogP contribution in [0.1, 0.15) is 18.5 Å². The SMILES string of the molecule is COc1nccnc1C#CCCCCl. The zero-order valence-corrected chi connectivity index (χ0v) is 8.71. The number of nitrogens with zero attached hydrogens (tertiary/aromatic N) is 2. The summed E-state index contributed by atoms with van der Waals surface area (Å²) in [7, 11) is 1.55. The highest BCUT2D eigenvalue weighted by Crippen LogP contribution is 2.08. The first-order chi connectivity index (χ1) is 6.88. The van der Waals surface area contributed by atoms with Gasteiger partial charge in [0.25, 0.3) is 0 Å². The molecule has 0 aliphatic heterocycles. The van der Waals surface area contributed by atoms with Gasteiger partial charge in [-0.3, -0.25) is 0 Å². The van der Waals surface area contributed by atoms with Gasteiger partial charge in [0.05, 0.1) is 7.11 Å². The Balaban J connectivity index is 2.68. The van der Waals surface area contributed by atoms with Crippen molar-refractivity contribution in [3.63, 3.8) is 0 Å². The van der Waals surface area contributed by atoms with E-state index in [9.17, 15) is 0 Å². The van der Waals surface area contributed by atoms with E-state index < -0.39 is 0 Å². The molecule has 0 aliphatic carbocycles. The molecule has 0 atom stereocenters. The second kappa shape index (κ2) is 6.22. The van der Waals surface area contributed by atoms with Gasteiger partial charge in [0.1, 0.15) is 0 Å². The molecule has 0 saturated carbocycles. The van der Waals surface area contributed by atoms with E-state index in [1.54, 1.807) is 19.5 Å². The van der Waals surface area contributed by atoms with Crippen molar-refractivity contribution in [1.29, 1.82) is 0 Å². The van der Waals surface area contributed by atoms with Crippen LogP contribution >= 0.6 is 11.6 Å². The van der Waals surface area contributed by atoms with Crippen molar-refractivity contribution in [1.82, 2.24) is 9.97 Å². The largest absolute Gasteiger partial charge is 0.479 e. The lowest BCUT2D eigenvalue weighted by molar-refractivity contribution is 0.394. The van der Waals surface area contributed by atoms with Crippen LogP contribution in [0.25, 0.3) is 0 Å². The topological polar surface area (TPSA) is 35.0 Å². The number of rotatable bonds is 3. The van der Waals surface area contributed by atoms with Gasteiger partial charge in [-0.15, -0.1) is 11.6 Å². The molecular formula is C10H11ClN2O. The van der Waals surface area contributed by atoms with Gasteiger partial charge in [-0.2, -0.15) is 0 Å². The van der Waals surface area contributed by atoms with Crippen LogP contribution < -0.4 is 4.74 Å². The molecule has 74 valence electrons. The third kappa shape index (κ3) is 3.23. The number of methoxy groups -OCH3 is 1. The van der Waals surface area contributed by atoms with E-state index in [-0.39, 0.29) is 0 Å². The minimum atomic E-state index is 0.464. The Labute approximate surface area is 88.5 Å². The molecule has 1 heterocycles. The maximum Gasteiger partial charge on any atom is 0.248 e. The molecule has 0 unspecified atom stereocenters. The fourth-order valence-corrected chi connectivity index (χ4v) is 0.995. The van der Waals surface area contributed by atoms with Crippen LogP contribution in [-0.4, -0.2) is 23.0 Å². The highest BCUT2D eigenvalue weighted by molar-refractivity contribution is 6.17. The van der Waals surface area contributed by atoms with Crippen molar-refractivity contribution < 1.29 is 4.74 Å². The van der Waals surface area contributed by atoms with Crippen LogP contribution in [0, 0.1) is 11.8 Å². The van der Waals surface area contributed by atoms with Gasteiger partial charge in [-0.1, -0.05) is 5.92 Å². The lowest BCUT2D eigenvalue weighted by atomic mass is 10.3. The van der Waals surface area contributed by atoms with E-state index >= 15 is 0 Å². The molecule has 0 aromatic carbocycles. The van der Waals surface area contributed by atoms with Gasteiger partial charge in [-0.05, 0) is 12.3 Å². The molecule has 0 N–H and O–H groups in total. The summed E-state index contributed by atoms with van der Waals surface area (Å²) in [4.78, 5) is 8.04. The molecule has 4 heteroatoms. The molecule has 1 aromatic rings. The maximum atomic E-state index is 5.52. The van der Waals surface area contributed by atoms with E-state index in [2.05, 4.69) is 21.8 Å². The predicted octanol–water partition coefficient (Wildman–Crippen LogP) is 1.86. The monoisotopic (exact) mass is 210 g/mol. The van der Waals surface area contributed by atoms with Crippen LogP contribution in [0.15, 0.2) is 12.4 Å². The molecule has 0 spiro atoms. The Kier molecular flexibility index (Phi) is 4.81. The zero-order valence-electron chi connectivity index (χ0n) is 7.96. The summed E-state index contributed by atoms with van der Waals surface area (Å²) in [6.45, 7) is 0. The minimum Gasteiger partial charge on any atom is -0.479 e. The van der Waals surface area contributed by atoms with Gasteiger partial charge < -0.3 is 4.74 Å². The molecule has 14 heavy (non-hydrogen) atoms. The first-order valence-corrected chi connectivity index (χ1v) is 4.81. The second-order valence-electron chi connectivity index (χ2n) is 2.51. The normalized spacial score (nSPS) is 9.00. The van der Waals surface area contributed by atoms with Gasteiger partial charge in [0.2, 0.25) is 5.88 Å². The molecular weight excluding hydrogens is 200 g/mol. The van der Waals surface area contributed by atoms with E-state index in [0.29, 0.717) is 17.5 Å². The number of unbranched alkanes of at least 4 members (excludes halogenated alkanes) is 1. The molecule has 0 amide bonds. The van der Waals surface area contributed by atoms with Gasteiger partial charge >= 0.3 is 0 Å². The molecule has 0 radical (unpaired) electrons. The lowest BCUT2D eigenvalue weighted by Crippen LogP contribution is -1.93. The number of hydrogen-bond acceptors (Lipinski definition) is 3. The maximum absolute atomic E-state index is 5.52. The Bertz CT molecular complexity index is 343. The van der Waals surface area contributed by atoms with E-state index in [0.717, 1.165) is 12.8 Å². The van der Waals surface area contributed by atoms with Crippen molar-refractivity contribution in [3.8, 4) is 17.7 Å². The van der Waals surface area contributed by atoms with Crippen LogP contribution in [-0.2, 0) is 0 Å². The Morgan fingerprint density at radius 2 is 2.21 bits per heavy atom. The number of halogens is 1. The van der Waals surface area contributed by atoms with Crippen molar-refractivity contribution in [2.75, 3.05) is 13.0 Å². The zero-order chi connectivity index (χ0) is 10.2. The Morgan fingerprint density at radius 1 is 1.43 bits per heavy atom. The average molecular weight is 211 g/mol. The summed E-state index contributed by atoms with van der Waals surface area (Å²) in [6, 6.07) is 0. The average Bonchev–Trinajstić information content (AvgIpc) is 2.25. The molecule has 0 bridgehead atoms. The predicted molar refractivity (Wildman–Crippen MR) is 55.4 cm³/mol. The third-order valence-electron chi connectivity index (χ3n) is 1.50. The minimum absolute atomic E-state index is 0.464. The first kappa shape index (κ1) is 10.8. The summed E-state index contributed by atoms with van der Waals surface area (Å²) >= 11 is 5.52. The van der Waals surface area contributed by atoms with Gasteiger partial charge in [-0.25, -0.2) is 9.97 Å². The van der Waals surface area contributed by atoms with Crippen molar-refractivity contribution in [2.45, 2.75) is 12.8 Å². The van der Waals surface area contributed by atoms with Crippen LogP contribution in [0.4, 0.5) is 0 Å². The number of aromatic nitrogens is 2. The molecule has 0 aliphatic rings. The lowest BCUT2D eigenvalue weighted by Gasteiger charge is -1.98. The van der Waals surface area contributed by atoms with E-state index in [1.807, 2.05) is 0 Å². The highest BCUT2D eigenvalue weighted by atomic mass is 35.5. The fourth-order valence-electron chi connectivity index (χ4n) is 0.862.